The maximum absolute atomic E-state index is 12.2. The highest BCUT2D eigenvalue weighted by Crippen LogP contribution is 2.39. The molecule has 1 N–H and O–H groups in total. The number of hydrogen-bond donors (Lipinski definition) is 1. The molecule has 3 heterocycles. The molecule has 1 aliphatic heterocycles. The van der Waals surface area contributed by atoms with Crippen molar-refractivity contribution in [1.29, 1.82) is 0 Å². The van der Waals surface area contributed by atoms with Gasteiger partial charge in [-0.15, -0.1) is 11.3 Å². The first-order valence-corrected chi connectivity index (χ1v) is 8.19. The molecule has 4 rings (SSSR count). The topological polar surface area (TPSA) is 56.1 Å². The molecule has 2 aromatic heterocycles. The molecule has 116 valence electrons. The summed E-state index contributed by atoms with van der Waals surface area (Å²) >= 11 is 1.66. The van der Waals surface area contributed by atoms with Gasteiger partial charge in [-0.05, 0) is 23.6 Å². The summed E-state index contributed by atoms with van der Waals surface area (Å²) in [5, 5.41) is 4.99. The lowest BCUT2D eigenvalue weighted by Crippen LogP contribution is -2.24. The molecular weight excluding hydrogens is 310 g/mol. The van der Waals surface area contributed by atoms with Crippen molar-refractivity contribution in [2.24, 2.45) is 0 Å². The third kappa shape index (κ3) is 2.41. The minimum Gasteiger partial charge on any atom is -0.497 e. The number of methoxy groups -OCH3 is 1. The van der Waals surface area contributed by atoms with E-state index in [-0.39, 0.29) is 11.8 Å². The fraction of sp³-hybridized carbons (Fsp3) is 0.176. The van der Waals surface area contributed by atoms with Gasteiger partial charge in [0, 0.05) is 23.3 Å². The van der Waals surface area contributed by atoms with Gasteiger partial charge in [0.25, 0.3) is 0 Å². The number of carbonyl (C=O) groups is 1. The van der Waals surface area contributed by atoms with Crippen LogP contribution in [0.4, 0.5) is 5.82 Å². The molecule has 0 saturated heterocycles. The van der Waals surface area contributed by atoms with Crippen LogP contribution in [0, 0.1) is 0 Å². The lowest BCUT2D eigenvalue weighted by atomic mass is 9.96. The lowest BCUT2D eigenvalue weighted by Gasteiger charge is -2.22. The highest BCUT2D eigenvalue weighted by molar-refractivity contribution is 7.10. The monoisotopic (exact) mass is 325 g/mol. The fourth-order valence-corrected chi connectivity index (χ4v) is 3.72. The number of anilines is 1. The van der Waals surface area contributed by atoms with E-state index in [4.69, 9.17) is 4.74 Å². The van der Waals surface area contributed by atoms with E-state index in [9.17, 15) is 4.79 Å². The summed E-state index contributed by atoms with van der Waals surface area (Å²) in [4.78, 5) is 17.9. The van der Waals surface area contributed by atoms with Crippen LogP contribution in [-0.2, 0) is 4.79 Å². The molecule has 0 radical (unpaired) electrons. The molecule has 0 unspecified atom stereocenters. The standard InChI is InChI=1S/C17H15N3O2S/c1-22-12-5-2-4-11(8-12)20-10-18-16-13(14-6-3-7-23-14)9-15(21)19-17(16)20/h2-8,10,13H,9H2,1H3,(H,19,21)/t13-/m0/s1. The van der Waals surface area contributed by atoms with Gasteiger partial charge in [-0.1, -0.05) is 12.1 Å². The number of rotatable bonds is 3. The number of ether oxygens (including phenoxy) is 1. The highest BCUT2D eigenvalue weighted by atomic mass is 32.1. The van der Waals surface area contributed by atoms with Crippen molar-refractivity contribution in [3.8, 4) is 11.4 Å². The first-order valence-electron chi connectivity index (χ1n) is 7.31. The van der Waals surface area contributed by atoms with Crippen LogP contribution >= 0.6 is 11.3 Å². The molecule has 23 heavy (non-hydrogen) atoms. The zero-order valence-corrected chi connectivity index (χ0v) is 13.3. The van der Waals surface area contributed by atoms with E-state index in [2.05, 4.69) is 16.4 Å². The number of hydrogen-bond acceptors (Lipinski definition) is 4. The number of aromatic nitrogens is 2. The molecule has 1 amide bonds. The Morgan fingerprint density at radius 3 is 3.04 bits per heavy atom. The number of imidazole rings is 1. The summed E-state index contributed by atoms with van der Waals surface area (Å²) in [7, 11) is 1.64. The maximum Gasteiger partial charge on any atom is 0.226 e. The van der Waals surface area contributed by atoms with Gasteiger partial charge in [0.05, 0.1) is 18.5 Å². The molecule has 5 nitrogen and oxygen atoms in total. The summed E-state index contributed by atoms with van der Waals surface area (Å²) in [6.45, 7) is 0. The predicted molar refractivity (Wildman–Crippen MR) is 89.5 cm³/mol. The lowest BCUT2D eigenvalue weighted by molar-refractivity contribution is -0.116. The van der Waals surface area contributed by atoms with E-state index in [1.54, 1.807) is 24.8 Å². The number of amides is 1. The molecule has 0 spiro atoms. The second-order valence-electron chi connectivity index (χ2n) is 5.37. The quantitative estimate of drug-likeness (QED) is 0.803. The van der Waals surface area contributed by atoms with E-state index in [0.29, 0.717) is 6.42 Å². The average Bonchev–Trinajstić information content (AvgIpc) is 3.23. The molecule has 1 aliphatic rings. The van der Waals surface area contributed by atoms with Crippen LogP contribution in [0.5, 0.6) is 5.75 Å². The Bertz CT molecular complexity index is 855. The third-order valence-corrected chi connectivity index (χ3v) is 4.98. The van der Waals surface area contributed by atoms with Gasteiger partial charge >= 0.3 is 0 Å². The Morgan fingerprint density at radius 1 is 1.35 bits per heavy atom. The Kier molecular flexibility index (Phi) is 3.38. The van der Waals surface area contributed by atoms with Crippen LogP contribution in [0.25, 0.3) is 5.69 Å². The van der Waals surface area contributed by atoms with E-state index < -0.39 is 0 Å². The van der Waals surface area contributed by atoms with Crippen molar-refractivity contribution in [2.75, 3.05) is 12.4 Å². The summed E-state index contributed by atoms with van der Waals surface area (Å²) in [6, 6.07) is 11.8. The van der Waals surface area contributed by atoms with Crippen LogP contribution in [0.2, 0.25) is 0 Å². The van der Waals surface area contributed by atoms with Crippen molar-refractivity contribution in [3.05, 3.63) is 58.7 Å². The van der Waals surface area contributed by atoms with Gasteiger partial charge in [0.1, 0.15) is 17.9 Å². The molecule has 6 heteroatoms. The summed E-state index contributed by atoms with van der Waals surface area (Å²) in [5.41, 5.74) is 1.82. The second kappa shape index (κ2) is 5.55. The molecule has 0 saturated carbocycles. The molecule has 0 aliphatic carbocycles. The summed E-state index contributed by atoms with van der Waals surface area (Å²) in [5.74, 6) is 1.54. The molecule has 1 atom stereocenters. The zero-order valence-electron chi connectivity index (χ0n) is 12.5. The molecular formula is C17H15N3O2S. The number of benzene rings is 1. The third-order valence-electron chi connectivity index (χ3n) is 3.99. The zero-order chi connectivity index (χ0) is 15.8. The van der Waals surface area contributed by atoms with E-state index in [1.807, 2.05) is 40.3 Å². The smallest absolute Gasteiger partial charge is 0.226 e. The van der Waals surface area contributed by atoms with Crippen LogP contribution in [0.1, 0.15) is 22.9 Å². The van der Waals surface area contributed by atoms with Gasteiger partial charge in [0.2, 0.25) is 5.91 Å². The maximum atomic E-state index is 12.2. The van der Waals surface area contributed by atoms with Crippen molar-refractivity contribution < 1.29 is 9.53 Å². The van der Waals surface area contributed by atoms with Gasteiger partial charge in [-0.3, -0.25) is 9.36 Å². The SMILES string of the molecule is COc1cccc(-n2cnc3c2NC(=O)C[C@H]3c2cccs2)c1. The van der Waals surface area contributed by atoms with Crippen molar-refractivity contribution >= 4 is 23.1 Å². The van der Waals surface area contributed by atoms with Gasteiger partial charge < -0.3 is 10.1 Å². The highest BCUT2D eigenvalue weighted by Gasteiger charge is 2.31. The number of fused-ring (bicyclic) bond motifs is 1. The van der Waals surface area contributed by atoms with Crippen LogP contribution in [0.15, 0.2) is 48.1 Å². The minimum absolute atomic E-state index is 0.0144. The Morgan fingerprint density at radius 2 is 2.26 bits per heavy atom. The average molecular weight is 325 g/mol. The second-order valence-corrected chi connectivity index (χ2v) is 6.35. The number of thiophene rings is 1. The molecule has 0 fully saturated rings. The van der Waals surface area contributed by atoms with Crippen LogP contribution < -0.4 is 10.1 Å². The van der Waals surface area contributed by atoms with Gasteiger partial charge in [-0.2, -0.15) is 0 Å². The fourth-order valence-electron chi connectivity index (χ4n) is 2.89. The molecule has 3 aromatic rings. The van der Waals surface area contributed by atoms with Gasteiger partial charge in [0.15, 0.2) is 0 Å². The van der Waals surface area contributed by atoms with E-state index in [0.717, 1.165) is 27.8 Å². The molecule has 0 bridgehead atoms. The van der Waals surface area contributed by atoms with Crippen LogP contribution in [0.3, 0.4) is 0 Å². The Labute approximate surface area is 137 Å². The Hall–Kier alpha value is -2.60. The first kappa shape index (κ1) is 14.0. The summed E-state index contributed by atoms with van der Waals surface area (Å²) < 4.78 is 7.18. The van der Waals surface area contributed by atoms with Crippen molar-refractivity contribution in [2.45, 2.75) is 12.3 Å². The Balaban J connectivity index is 1.82. The normalized spacial score (nSPS) is 16.7. The van der Waals surface area contributed by atoms with Crippen LogP contribution in [-0.4, -0.2) is 22.6 Å². The van der Waals surface area contributed by atoms with E-state index >= 15 is 0 Å². The van der Waals surface area contributed by atoms with Crippen molar-refractivity contribution in [3.63, 3.8) is 0 Å². The molecule has 1 aromatic carbocycles. The minimum atomic E-state index is 0.0144. The van der Waals surface area contributed by atoms with Gasteiger partial charge in [-0.25, -0.2) is 4.98 Å². The number of nitrogens with zero attached hydrogens (tertiary/aromatic N) is 2. The van der Waals surface area contributed by atoms with Crippen molar-refractivity contribution in [1.82, 2.24) is 9.55 Å². The largest absolute Gasteiger partial charge is 0.497 e. The number of nitrogens with one attached hydrogen (secondary N) is 1. The number of carbonyl (C=O) groups excluding carboxylic acids is 1. The predicted octanol–water partition coefficient (Wildman–Crippen LogP) is 3.42. The summed E-state index contributed by atoms with van der Waals surface area (Å²) in [6.07, 6.45) is 2.19. The van der Waals surface area contributed by atoms with E-state index in [1.165, 1.54) is 0 Å². The first-order chi connectivity index (χ1) is 11.3.